The van der Waals surface area contributed by atoms with Gasteiger partial charge in [-0.05, 0) is 61.3 Å². The summed E-state index contributed by atoms with van der Waals surface area (Å²) in [5.41, 5.74) is 4.36. The number of benzene rings is 2. The van der Waals surface area contributed by atoms with Crippen LogP contribution in [0.3, 0.4) is 0 Å². The molecule has 1 atom stereocenters. The van der Waals surface area contributed by atoms with Gasteiger partial charge in [0.2, 0.25) is 0 Å². The third-order valence-corrected chi connectivity index (χ3v) is 5.68. The monoisotopic (exact) mass is 343 g/mol. The van der Waals surface area contributed by atoms with Crippen molar-refractivity contribution in [2.45, 2.75) is 44.1 Å². The predicted molar refractivity (Wildman–Crippen MR) is 110 cm³/mol. The highest BCUT2D eigenvalue weighted by molar-refractivity contribution is 5.33. The Morgan fingerprint density at radius 3 is 2.04 bits per heavy atom. The summed E-state index contributed by atoms with van der Waals surface area (Å²) < 4.78 is 0. The van der Waals surface area contributed by atoms with Crippen LogP contribution in [0.4, 0.5) is 0 Å². The molecule has 2 aromatic carbocycles. The molecule has 26 heavy (non-hydrogen) atoms. The summed E-state index contributed by atoms with van der Waals surface area (Å²) in [6, 6.07) is 22.5. The minimum Gasteiger partial charge on any atom is -0.310 e. The first-order valence-electron chi connectivity index (χ1n) is 10.1. The van der Waals surface area contributed by atoms with Gasteiger partial charge < -0.3 is 5.32 Å². The third-order valence-electron chi connectivity index (χ3n) is 5.68. The largest absolute Gasteiger partial charge is 0.310 e. The zero-order chi connectivity index (χ0) is 17.6. The highest BCUT2D eigenvalue weighted by atomic mass is 14.9. The van der Waals surface area contributed by atoms with Crippen LogP contribution >= 0.6 is 0 Å². The number of hydrogen-bond donors (Lipinski definition) is 1. The fourth-order valence-electron chi connectivity index (χ4n) is 4.13. The Morgan fingerprint density at radius 1 is 0.846 bits per heavy atom. The highest BCUT2D eigenvalue weighted by Crippen LogP contribution is 2.37. The molecule has 0 amide bonds. The Morgan fingerprint density at radius 2 is 1.50 bits per heavy atom. The van der Waals surface area contributed by atoms with Crippen LogP contribution in [-0.2, 0) is 0 Å². The maximum absolute atomic E-state index is 3.90. The molecule has 0 radical (unpaired) electrons. The van der Waals surface area contributed by atoms with Gasteiger partial charge in [0.1, 0.15) is 0 Å². The summed E-state index contributed by atoms with van der Waals surface area (Å²) in [7, 11) is 0. The van der Waals surface area contributed by atoms with Gasteiger partial charge in [-0.1, -0.05) is 78.9 Å². The first-order chi connectivity index (χ1) is 12.9. The van der Waals surface area contributed by atoms with E-state index in [2.05, 4.69) is 84.2 Å². The van der Waals surface area contributed by atoms with Crippen molar-refractivity contribution in [3.8, 4) is 0 Å². The molecule has 0 heterocycles. The van der Waals surface area contributed by atoms with Gasteiger partial charge in [-0.15, -0.1) is 0 Å². The van der Waals surface area contributed by atoms with Crippen molar-refractivity contribution < 1.29 is 0 Å². The summed E-state index contributed by atoms with van der Waals surface area (Å²) in [6.07, 6.45) is 13.4. The molecule has 2 aliphatic rings. The van der Waals surface area contributed by atoms with Crippen molar-refractivity contribution in [3.63, 3.8) is 0 Å². The van der Waals surface area contributed by atoms with E-state index in [4.69, 9.17) is 0 Å². The van der Waals surface area contributed by atoms with Gasteiger partial charge in [0.25, 0.3) is 0 Å². The van der Waals surface area contributed by atoms with Crippen LogP contribution in [0.15, 0.2) is 84.5 Å². The standard InChI is InChI=1S/C25H29N/c1-4-10-20(11-5-1)24(21-12-6-2-7-13-21)18-19-26-25(23-16-17-23)22-14-8-3-9-15-22/h1-2,4-8,10-15,23-26H,3,9,16-19H2. The van der Waals surface area contributed by atoms with E-state index in [-0.39, 0.29) is 0 Å². The maximum Gasteiger partial charge on any atom is 0.0345 e. The highest BCUT2D eigenvalue weighted by Gasteiger charge is 2.32. The molecule has 134 valence electrons. The van der Waals surface area contributed by atoms with Crippen LogP contribution in [-0.4, -0.2) is 12.6 Å². The molecule has 0 bridgehead atoms. The molecule has 0 spiro atoms. The first kappa shape index (κ1) is 17.3. The van der Waals surface area contributed by atoms with Crippen molar-refractivity contribution >= 4 is 0 Å². The Kier molecular flexibility index (Phi) is 5.66. The Hall–Kier alpha value is -2.12. The number of nitrogens with one attached hydrogen (secondary N) is 1. The lowest BCUT2D eigenvalue weighted by Crippen LogP contribution is -2.34. The second kappa shape index (κ2) is 8.51. The van der Waals surface area contributed by atoms with E-state index < -0.39 is 0 Å². The second-order valence-corrected chi connectivity index (χ2v) is 7.62. The SMILES string of the molecule is C1=CC(C(NCCC(c2ccccc2)c2ccccc2)C2CC2)=CCC1. The molecule has 4 rings (SSSR count). The van der Waals surface area contributed by atoms with Crippen molar-refractivity contribution in [2.24, 2.45) is 5.92 Å². The molecule has 1 nitrogen and oxygen atoms in total. The van der Waals surface area contributed by atoms with Crippen LogP contribution in [0.1, 0.15) is 49.1 Å². The fraction of sp³-hybridized carbons (Fsp3) is 0.360. The average molecular weight is 344 g/mol. The molecule has 1 fully saturated rings. The summed E-state index contributed by atoms with van der Waals surface area (Å²) in [5.74, 6) is 1.30. The molecular formula is C25H29N. The van der Waals surface area contributed by atoms with E-state index in [0.29, 0.717) is 12.0 Å². The molecule has 2 aromatic rings. The van der Waals surface area contributed by atoms with Crippen molar-refractivity contribution in [2.75, 3.05) is 6.54 Å². The average Bonchev–Trinajstić information content (AvgIpc) is 3.55. The molecular weight excluding hydrogens is 314 g/mol. The lowest BCUT2D eigenvalue weighted by atomic mass is 9.88. The second-order valence-electron chi connectivity index (χ2n) is 7.62. The Bertz CT molecular complexity index is 701. The van der Waals surface area contributed by atoms with Gasteiger partial charge in [-0.25, -0.2) is 0 Å². The number of allylic oxidation sites excluding steroid dienone is 2. The molecule has 1 unspecified atom stereocenters. The molecule has 0 aromatic heterocycles. The van der Waals surface area contributed by atoms with E-state index in [9.17, 15) is 0 Å². The Balaban J connectivity index is 1.44. The molecule has 0 saturated heterocycles. The lowest BCUT2D eigenvalue weighted by Gasteiger charge is -2.24. The number of hydrogen-bond acceptors (Lipinski definition) is 1. The zero-order valence-electron chi connectivity index (χ0n) is 15.5. The third kappa shape index (κ3) is 4.34. The summed E-state index contributed by atoms with van der Waals surface area (Å²) >= 11 is 0. The van der Waals surface area contributed by atoms with Gasteiger partial charge in [0, 0.05) is 12.0 Å². The smallest absolute Gasteiger partial charge is 0.0345 e. The molecule has 1 N–H and O–H groups in total. The maximum atomic E-state index is 3.90. The van der Waals surface area contributed by atoms with E-state index in [1.807, 2.05) is 0 Å². The summed E-state index contributed by atoms with van der Waals surface area (Å²) in [5, 5.41) is 3.90. The van der Waals surface area contributed by atoms with Gasteiger partial charge in [0.15, 0.2) is 0 Å². The lowest BCUT2D eigenvalue weighted by molar-refractivity contribution is 0.502. The van der Waals surface area contributed by atoms with E-state index >= 15 is 0 Å². The van der Waals surface area contributed by atoms with Crippen LogP contribution in [0.2, 0.25) is 0 Å². The van der Waals surface area contributed by atoms with Gasteiger partial charge in [0.05, 0.1) is 0 Å². The van der Waals surface area contributed by atoms with Crippen LogP contribution in [0, 0.1) is 5.92 Å². The van der Waals surface area contributed by atoms with Crippen LogP contribution in [0.25, 0.3) is 0 Å². The van der Waals surface area contributed by atoms with E-state index in [1.54, 1.807) is 0 Å². The van der Waals surface area contributed by atoms with Crippen LogP contribution < -0.4 is 5.32 Å². The normalized spacial score (nSPS) is 18.0. The molecule has 1 saturated carbocycles. The van der Waals surface area contributed by atoms with Crippen molar-refractivity contribution in [1.82, 2.24) is 5.32 Å². The van der Waals surface area contributed by atoms with Gasteiger partial charge in [-0.3, -0.25) is 0 Å². The van der Waals surface area contributed by atoms with Gasteiger partial charge >= 0.3 is 0 Å². The first-order valence-corrected chi connectivity index (χ1v) is 10.1. The summed E-state index contributed by atoms with van der Waals surface area (Å²) in [6.45, 7) is 1.06. The minimum atomic E-state index is 0.459. The fourth-order valence-corrected chi connectivity index (χ4v) is 4.13. The Labute approximate surface area is 157 Å². The zero-order valence-corrected chi connectivity index (χ0v) is 15.5. The molecule has 1 heteroatoms. The van der Waals surface area contributed by atoms with Gasteiger partial charge in [-0.2, -0.15) is 0 Å². The molecule has 2 aliphatic carbocycles. The van der Waals surface area contributed by atoms with Crippen LogP contribution in [0.5, 0.6) is 0 Å². The topological polar surface area (TPSA) is 12.0 Å². The predicted octanol–water partition coefficient (Wildman–Crippen LogP) is 5.85. The van der Waals surface area contributed by atoms with E-state index in [0.717, 1.165) is 18.9 Å². The van der Waals surface area contributed by atoms with E-state index in [1.165, 1.54) is 42.4 Å². The minimum absolute atomic E-state index is 0.459. The number of rotatable bonds is 8. The molecule has 0 aliphatic heterocycles. The summed E-state index contributed by atoms with van der Waals surface area (Å²) in [4.78, 5) is 0. The van der Waals surface area contributed by atoms with Crippen molar-refractivity contribution in [1.29, 1.82) is 0 Å². The van der Waals surface area contributed by atoms with Crippen molar-refractivity contribution in [3.05, 3.63) is 95.6 Å². The quantitative estimate of drug-likeness (QED) is 0.633.